The number of nitrogens with one attached hydrogen (secondary N) is 1. The Morgan fingerprint density at radius 1 is 1.29 bits per heavy atom. The Labute approximate surface area is 137 Å². The number of phenolic OH excluding ortho intramolecular Hbond substituents is 1. The molecule has 1 aliphatic carbocycles. The Morgan fingerprint density at radius 3 is 2.79 bits per heavy atom. The van der Waals surface area contributed by atoms with E-state index < -0.39 is 11.9 Å². The van der Waals surface area contributed by atoms with E-state index in [1.54, 1.807) is 19.1 Å². The van der Waals surface area contributed by atoms with Crippen molar-refractivity contribution in [3.05, 3.63) is 52.5 Å². The van der Waals surface area contributed by atoms with Crippen molar-refractivity contribution in [2.75, 3.05) is 0 Å². The lowest BCUT2D eigenvalue weighted by Gasteiger charge is -2.13. The molecule has 1 aromatic heterocycles. The van der Waals surface area contributed by atoms with Crippen LogP contribution in [0.25, 0.3) is 0 Å². The number of fused-ring (bicyclic) bond motifs is 1. The highest BCUT2D eigenvalue weighted by atomic mass is 16.4. The molecule has 0 radical (unpaired) electrons. The molecule has 7 heteroatoms. The van der Waals surface area contributed by atoms with E-state index in [-0.39, 0.29) is 17.1 Å². The molecule has 3 rings (SSSR count). The maximum Gasteiger partial charge on any atom is 0.372 e. The number of aryl methyl sites for hydroxylation is 1. The number of hydrogen-bond acceptors (Lipinski definition) is 5. The number of nitrogens with zero attached hydrogens (tertiary/aromatic N) is 1. The third-order valence-electron chi connectivity index (χ3n) is 3.92. The van der Waals surface area contributed by atoms with Gasteiger partial charge >= 0.3 is 5.97 Å². The lowest BCUT2D eigenvalue weighted by atomic mass is 9.93. The molecule has 0 saturated heterocycles. The molecule has 0 fully saturated rings. The zero-order valence-corrected chi connectivity index (χ0v) is 13.0. The van der Waals surface area contributed by atoms with Gasteiger partial charge in [0.05, 0.1) is 5.71 Å². The van der Waals surface area contributed by atoms with Crippen LogP contribution in [0.1, 0.15) is 50.6 Å². The van der Waals surface area contributed by atoms with Gasteiger partial charge in [-0.2, -0.15) is 5.10 Å². The van der Waals surface area contributed by atoms with Crippen LogP contribution in [0.15, 0.2) is 33.8 Å². The number of rotatable bonds is 3. The fraction of sp³-hybridized carbons (Fsp3) is 0.235. The minimum absolute atomic E-state index is 0.00738. The zero-order valence-electron chi connectivity index (χ0n) is 13.0. The van der Waals surface area contributed by atoms with E-state index in [9.17, 15) is 14.7 Å². The number of phenols is 1. The van der Waals surface area contributed by atoms with Crippen LogP contribution < -0.4 is 5.43 Å². The summed E-state index contributed by atoms with van der Waals surface area (Å²) >= 11 is 0. The van der Waals surface area contributed by atoms with Crippen molar-refractivity contribution in [2.45, 2.75) is 26.2 Å². The Hall–Kier alpha value is -3.09. The summed E-state index contributed by atoms with van der Waals surface area (Å²) in [6.07, 6.45) is 2.02. The third-order valence-corrected chi connectivity index (χ3v) is 3.92. The number of carbonyl (C=O) groups excluding carboxylic acids is 1. The molecule has 0 saturated carbocycles. The van der Waals surface area contributed by atoms with Crippen LogP contribution in [0.5, 0.6) is 5.75 Å². The molecule has 0 unspecified atom stereocenters. The fourth-order valence-corrected chi connectivity index (χ4v) is 2.81. The monoisotopic (exact) mass is 328 g/mol. The quantitative estimate of drug-likeness (QED) is 0.749. The highest BCUT2D eigenvalue weighted by molar-refractivity contribution is 6.06. The molecule has 3 N–H and O–H groups in total. The molecule has 0 atom stereocenters. The van der Waals surface area contributed by atoms with Crippen LogP contribution in [0.4, 0.5) is 0 Å². The Bertz CT molecular complexity index is 851. The topological polar surface area (TPSA) is 112 Å². The van der Waals surface area contributed by atoms with Crippen molar-refractivity contribution >= 4 is 17.6 Å². The van der Waals surface area contributed by atoms with Gasteiger partial charge in [0.15, 0.2) is 0 Å². The molecule has 7 nitrogen and oxygen atoms in total. The Morgan fingerprint density at radius 2 is 2.08 bits per heavy atom. The lowest BCUT2D eigenvalue weighted by Crippen LogP contribution is -2.22. The molecule has 0 bridgehead atoms. The molecule has 124 valence electrons. The van der Waals surface area contributed by atoms with Crippen LogP contribution in [0.3, 0.4) is 0 Å². The number of aromatic carboxylic acids is 1. The lowest BCUT2D eigenvalue weighted by molar-refractivity contribution is 0.0659. The number of aromatic hydroxyl groups is 1. The average molecular weight is 328 g/mol. The normalized spacial score (nSPS) is 15.1. The fourth-order valence-electron chi connectivity index (χ4n) is 2.81. The number of carboxylic acids is 1. The minimum atomic E-state index is -1.12. The third kappa shape index (κ3) is 2.88. The molecule has 24 heavy (non-hydrogen) atoms. The second-order valence-electron chi connectivity index (χ2n) is 5.56. The van der Waals surface area contributed by atoms with Crippen molar-refractivity contribution in [3.8, 4) is 5.75 Å². The van der Waals surface area contributed by atoms with Crippen molar-refractivity contribution < 1.29 is 24.2 Å². The number of hydrazone groups is 1. The summed E-state index contributed by atoms with van der Waals surface area (Å²) in [5.41, 5.74) is 4.51. The van der Waals surface area contributed by atoms with Gasteiger partial charge in [-0.15, -0.1) is 0 Å². The first-order valence-corrected chi connectivity index (χ1v) is 7.49. The van der Waals surface area contributed by atoms with Gasteiger partial charge in [0.25, 0.3) is 5.91 Å². The summed E-state index contributed by atoms with van der Waals surface area (Å²) in [5.74, 6) is -1.09. The van der Waals surface area contributed by atoms with Crippen LogP contribution in [-0.4, -0.2) is 27.8 Å². The maximum atomic E-state index is 12.1. The number of benzene rings is 1. The smallest absolute Gasteiger partial charge is 0.372 e. The van der Waals surface area contributed by atoms with Crippen molar-refractivity contribution in [1.29, 1.82) is 0 Å². The summed E-state index contributed by atoms with van der Waals surface area (Å²) in [6, 6.07) is 5.94. The SMILES string of the molecule is Cc1c(C(=O)O)oc2c1/C(=N/NC(=O)c1cccc(O)c1)CCC2. The average Bonchev–Trinajstić information content (AvgIpc) is 2.90. The Kier molecular flexibility index (Phi) is 4.07. The van der Waals surface area contributed by atoms with Crippen LogP contribution in [-0.2, 0) is 6.42 Å². The van der Waals surface area contributed by atoms with Gasteiger partial charge in [0.1, 0.15) is 11.5 Å². The van der Waals surface area contributed by atoms with E-state index in [1.807, 2.05) is 0 Å². The van der Waals surface area contributed by atoms with E-state index in [4.69, 9.17) is 9.52 Å². The van der Waals surface area contributed by atoms with E-state index in [0.717, 1.165) is 6.42 Å². The summed E-state index contributed by atoms with van der Waals surface area (Å²) < 4.78 is 5.41. The summed E-state index contributed by atoms with van der Waals surface area (Å²) in [5, 5.41) is 22.7. The van der Waals surface area contributed by atoms with Gasteiger partial charge in [0, 0.05) is 23.1 Å². The maximum absolute atomic E-state index is 12.1. The predicted molar refractivity (Wildman–Crippen MR) is 85.5 cm³/mol. The molecule has 0 spiro atoms. The van der Waals surface area contributed by atoms with Gasteiger partial charge in [-0.05, 0) is 38.0 Å². The van der Waals surface area contributed by atoms with Crippen LogP contribution in [0, 0.1) is 6.92 Å². The first-order chi connectivity index (χ1) is 11.5. The number of amides is 1. The number of carbonyl (C=O) groups is 2. The molecule has 1 heterocycles. The number of hydrogen-bond donors (Lipinski definition) is 3. The first-order valence-electron chi connectivity index (χ1n) is 7.49. The van der Waals surface area contributed by atoms with E-state index in [0.29, 0.717) is 35.4 Å². The molecular formula is C17H16N2O5. The van der Waals surface area contributed by atoms with Crippen molar-refractivity contribution in [1.82, 2.24) is 5.43 Å². The van der Waals surface area contributed by atoms with Crippen LogP contribution in [0.2, 0.25) is 0 Å². The van der Waals surface area contributed by atoms with Crippen LogP contribution >= 0.6 is 0 Å². The highest BCUT2D eigenvalue weighted by Crippen LogP contribution is 2.29. The van der Waals surface area contributed by atoms with Crippen molar-refractivity contribution in [3.63, 3.8) is 0 Å². The standard InChI is InChI=1S/C17H16N2O5/c1-9-14-12(6-3-7-13(14)24-15(9)17(22)23)18-19-16(21)10-4-2-5-11(20)8-10/h2,4-5,8,20H,3,6-7H2,1H3,(H,19,21)(H,22,23)/b18-12+. The van der Waals surface area contributed by atoms with E-state index >= 15 is 0 Å². The molecule has 2 aromatic rings. The summed E-state index contributed by atoms with van der Waals surface area (Å²) in [4.78, 5) is 23.3. The summed E-state index contributed by atoms with van der Waals surface area (Å²) in [7, 11) is 0. The second-order valence-corrected chi connectivity index (χ2v) is 5.56. The summed E-state index contributed by atoms with van der Waals surface area (Å²) in [6.45, 7) is 1.67. The van der Waals surface area contributed by atoms with Gasteiger partial charge in [-0.25, -0.2) is 10.2 Å². The first kappa shape index (κ1) is 15.8. The van der Waals surface area contributed by atoms with Gasteiger partial charge in [-0.1, -0.05) is 6.07 Å². The van der Waals surface area contributed by atoms with E-state index in [1.165, 1.54) is 12.1 Å². The van der Waals surface area contributed by atoms with Gasteiger partial charge in [-0.3, -0.25) is 4.79 Å². The largest absolute Gasteiger partial charge is 0.508 e. The number of carboxylic acid groups (broad SMARTS) is 1. The molecular weight excluding hydrogens is 312 g/mol. The molecule has 1 aromatic carbocycles. The predicted octanol–water partition coefficient (Wildman–Crippen LogP) is 2.46. The highest BCUT2D eigenvalue weighted by Gasteiger charge is 2.27. The minimum Gasteiger partial charge on any atom is -0.508 e. The van der Waals surface area contributed by atoms with Gasteiger partial charge in [0.2, 0.25) is 5.76 Å². The van der Waals surface area contributed by atoms with E-state index in [2.05, 4.69) is 10.5 Å². The Balaban J connectivity index is 1.88. The van der Waals surface area contributed by atoms with Gasteiger partial charge < -0.3 is 14.6 Å². The second kappa shape index (κ2) is 6.19. The number of furan rings is 1. The van der Waals surface area contributed by atoms with Crippen molar-refractivity contribution in [2.24, 2.45) is 5.10 Å². The molecule has 1 amide bonds. The molecule has 1 aliphatic rings. The molecule has 0 aliphatic heterocycles. The zero-order chi connectivity index (χ0) is 17.3.